The van der Waals surface area contributed by atoms with Crippen LogP contribution in [0.1, 0.15) is 36.1 Å². The topological polar surface area (TPSA) is 101 Å². The van der Waals surface area contributed by atoms with Crippen LogP contribution in [-0.4, -0.2) is 27.8 Å². The van der Waals surface area contributed by atoms with E-state index in [1.54, 1.807) is 24.3 Å². The summed E-state index contributed by atoms with van der Waals surface area (Å²) in [4.78, 5) is 35.3. The Kier molecular flexibility index (Phi) is 6.13. The molecular weight excluding hydrogens is 340 g/mol. The molecule has 1 aromatic carbocycles. The van der Waals surface area contributed by atoms with Gasteiger partial charge in [0.25, 0.3) is 11.8 Å². The molecule has 7 nitrogen and oxygen atoms in total. The number of nitrogens with one attached hydrogen (secondary N) is 2. The predicted octanol–water partition coefficient (Wildman–Crippen LogP) is 2.83. The maximum Gasteiger partial charge on any atom is 0.251 e. The van der Waals surface area contributed by atoms with Crippen molar-refractivity contribution in [2.45, 2.75) is 27.2 Å². The van der Waals surface area contributed by atoms with Gasteiger partial charge >= 0.3 is 0 Å². The summed E-state index contributed by atoms with van der Waals surface area (Å²) in [6, 6.07) is 6.53. The van der Waals surface area contributed by atoms with E-state index in [-0.39, 0.29) is 11.4 Å². The zero-order valence-corrected chi connectivity index (χ0v) is 14.9. The first-order chi connectivity index (χ1) is 11.9. The zero-order valence-electron chi connectivity index (χ0n) is 14.1. The minimum absolute atomic E-state index is 0.0477. The van der Waals surface area contributed by atoms with Crippen LogP contribution in [0, 0.1) is 0 Å². The summed E-state index contributed by atoms with van der Waals surface area (Å²) in [5.41, 5.74) is 1.35. The lowest BCUT2D eigenvalue weighted by Gasteiger charge is -2.06. The normalized spacial score (nSPS) is 11.1. The van der Waals surface area contributed by atoms with E-state index in [4.69, 9.17) is 0 Å². The molecular formula is C17H18N4O3S. The number of carbonyl (C=O) groups is 3. The molecule has 0 unspecified atom stereocenters. The van der Waals surface area contributed by atoms with Crippen LogP contribution < -0.4 is 10.6 Å². The van der Waals surface area contributed by atoms with Crippen molar-refractivity contribution in [3.05, 3.63) is 46.5 Å². The minimum atomic E-state index is -0.446. The van der Waals surface area contributed by atoms with Crippen LogP contribution in [0.15, 0.2) is 35.9 Å². The molecule has 2 rings (SSSR count). The lowest BCUT2D eigenvalue weighted by Crippen LogP contribution is -2.16. The summed E-state index contributed by atoms with van der Waals surface area (Å²) in [5.74, 6) is -0.899. The molecule has 1 aromatic heterocycles. The molecule has 2 N–H and O–H groups in total. The molecule has 0 bridgehead atoms. The number of anilines is 2. The Balaban J connectivity index is 1.96. The molecule has 2 amide bonds. The second kappa shape index (κ2) is 8.29. The Morgan fingerprint density at radius 3 is 2.32 bits per heavy atom. The fourth-order valence-electron chi connectivity index (χ4n) is 1.87. The van der Waals surface area contributed by atoms with Crippen molar-refractivity contribution in [2.24, 2.45) is 0 Å². The number of Topliss-reactive ketones (excluding diaryl/α,β-unsaturated/α-hetero) is 1. The largest absolute Gasteiger partial charge is 0.322 e. The molecule has 0 radical (unpaired) electrons. The van der Waals surface area contributed by atoms with Crippen molar-refractivity contribution >= 4 is 39.8 Å². The van der Waals surface area contributed by atoms with Crippen LogP contribution >= 0.6 is 11.3 Å². The molecule has 0 fully saturated rings. The number of aryl methyl sites for hydroxylation is 1. The second-order valence-corrected chi connectivity index (χ2v) is 6.32. The van der Waals surface area contributed by atoms with Crippen molar-refractivity contribution in [1.29, 1.82) is 0 Å². The standard InChI is InChI=1S/C17H18N4O3S/c1-4-15-20-21-17(25-15)19-14(23)9-10(2)16(24)18-13-7-5-12(6-8-13)11(3)22/h5-9H,4H2,1-3H3,(H,18,24)(H,19,21,23)/b10-9-. The molecule has 0 saturated heterocycles. The van der Waals surface area contributed by atoms with Crippen molar-refractivity contribution in [3.63, 3.8) is 0 Å². The van der Waals surface area contributed by atoms with Crippen LogP contribution in [0.5, 0.6) is 0 Å². The third-order valence-electron chi connectivity index (χ3n) is 3.25. The maximum absolute atomic E-state index is 12.1. The van der Waals surface area contributed by atoms with E-state index in [2.05, 4.69) is 20.8 Å². The van der Waals surface area contributed by atoms with Crippen LogP contribution in [0.4, 0.5) is 10.8 Å². The van der Waals surface area contributed by atoms with E-state index >= 15 is 0 Å². The molecule has 0 aliphatic carbocycles. The fraction of sp³-hybridized carbons (Fsp3) is 0.235. The SMILES string of the molecule is CCc1nnc(NC(=O)/C=C(/C)C(=O)Nc2ccc(C(C)=O)cc2)s1. The molecule has 0 aliphatic heterocycles. The van der Waals surface area contributed by atoms with Crippen LogP contribution in [0.2, 0.25) is 0 Å². The van der Waals surface area contributed by atoms with Gasteiger partial charge in [0.2, 0.25) is 5.13 Å². The maximum atomic E-state index is 12.1. The number of hydrogen-bond donors (Lipinski definition) is 2. The monoisotopic (exact) mass is 358 g/mol. The predicted molar refractivity (Wildman–Crippen MR) is 96.7 cm³/mol. The quantitative estimate of drug-likeness (QED) is 0.611. The number of ketones is 1. The molecule has 130 valence electrons. The van der Waals surface area contributed by atoms with E-state index in [0.29, 0.717) is 16.4 Å². The molecule has 0 aliphatic rings. The second-order valence-electron chi connectivity index (χ2n) is 5.26. The van der Waals surface area contributed by atoms with Crippen molar-refractivity contribution in [2.75, 3.05) is 10.6 Å². The Morgan fingerprint density at radius 2 is 1.76 bits per heavy atom. The Morgan fingerprint density at radius 1 is 1.08 bits per heavy atom. The van der Waals surface area contributed by atoms with Gasteiger partial charge in [-0.25, -0.2) is 0 Å². The minimum Gasteiger partial charge on any atom is -0.322 e. The highest BCUT2D eigenvalue weighted by Gasteiger charge is 2.10. The first-order valence-corrected chi connectivity index (χ1v) is 8.44. The number of aromatic nitrogens is 2. The molecule has 8 heteroatoms. The average molecular weight is 358 g/mol. The van der Waals surface area contributed by atoms with Gasteiger partial charge in [-0.2, -0.15) is 0 Å². The van der Waals surface area contributed by atoms with Gasteiger partial charge in [0.1, 0.15) is 5.01 Å². The van der Waals surface area contributed by atoms with Crippen molar-refractivity contribution < 1.29 is 14.4 Å². The van der Waals surface area contributed by atoms with Gasteiger partial charge in [-0.15, -0.1) is 10.2 Å². The van der Waals surface area contributed by atoms with Gasteiger partial charge in [0.15, 0.2) is 5.78 Å². The molecule has 0 saturated carbocycles. The smallest absolute Gasteiger partial charge is 0.251 e. The Bertz CT molecular complexity index is 825. The number of benzene rings is 1. The van der Waals surface area contributed by atoms with E-state index in [9.17, 15) is 14.4 Å². The highest BCUT2D eigenvalue weighted by atomic mass is 32.1. The Hall–Kier alpha value is -2.87. The first-order valence-electron chi connectivity index (χ1n) is 7.63. The zero-order chi connectivity index (χ0) is 18.4. The third kappa shape index (κ3) is 5.32. The van der Waals surface area contributed by atoms with Crippen molar-refractivity contribution in [1.82, 2.24) is 10.2 Å². The van der Waals surface area contributed by atoms with Crippen LogP contribution in [0.3, 0.4) is 0 Å². The number of nitrogens with zero attached hydrogens (tertiary/aromatic N) is 2. The summed E-state index contributed by atoms with van der Waals surface area (Å²) in [6.45, 7) is 4.96. The van der Waals surface area contributed by atoms with Gasteiger partial charge in [-0.05, 0) is 44.5 Å². The van der Waals surface area contributed by atoms with Crippen LogP contribution in [0.25, 0.3) is 0 Å². The molecule has 1 heterocycles. The Labute approximate surface area is 149 Å². The molecule has 2 aromatic rings. The fourth-order valence-corrected chi connectivity index (χ4v) is 2.55. The first kappa shape index (κ1) is 18.5. The summed E-state index contributed by atoms with van der Waals surface area (Å²) in [6.07, 6.45) is 1.94. The van der Waals surface area contributed by atoms with Gasteiger partial charge in [0.05, 0.1) is 0 Å². The number of hydrogen-bond acceptors (Lipinski definition) is 6. The molecule has 25 heavy (non-hydrogen) atoms. The van der Waals surface area contributed by atoms with Gasteiger partial charge < -0.3 is 5.32 Å². The lowest BCUT2D eigenvalue weighted by molar-refractivity contribution is -0.114. The van der Waals surface area contributed by atoms with Gasteiger partial charge in [-0.1, -0.05) is 18.3 Å². The number of rotatable bonds is 6. The third-order valence-corrected chi connectivity index (χ3v) is 4.24. The summed E-state index contributed by atoms with van der Waals surface area (Å²) in [5, 5.41) is 14.2. The highest BCUT2D eigenvalue weighted by molar-refractivity contribution is 7.15. The van der Waals surface area contributed by atoms with E-state index in [1.165, 1.54) is 31.3 Å². The van der Waals surface area contributed by atoms with Gasteiger partial charge in [-0.3, -0.25) is 19.7 Å². The van der Waals surface area contributed by atoms with E-state index in [1.807, 2.05) is 6.92 Å². The molecule has 0 spiro atoms. The van der Waals surface area contributed by atoms with E-state index < -0.39 is 11.8 Å². The lowest BCUT2D eigenvalue weighted by atomic mass is 10.1. The summed E-state index contributed by atoms with van der Waals surface area (Å²) in [7, 11) is 0. The van der Waals surface area contributed by atoms with E-state index in [0.717, 1.165) is 11.4 Å². The summed E-state index contributed by atoms with van der Waals surface area (Å²) >= 11 is 1.29. The van der Waals surface area contributed by atoms with Crippen molar-refractivity contribution in [3.8, 4) is 0 Å². The van der Waals surface area contributed by atoms with Crippen LogP contribution in [-0.2, 0) is 16.0 Å². The average Bonchev–Trinajstić information content (AvgIpc) is 3.02. The highest BCUT2D eigenvalue weighted by Crippen LogP contribution is 2.15. The molecule has 0 atom stereocenters. The summed E-state index contributed by atoms with van der Waals surface area (Å²) < 4.78 is 0. The number of amides is 2. The number of carbonyl (C=O) groups excluding carboxylic acids is 3. The van der Waals surface area contributed by atoms with Gasteiger partial charge in [0, 0.05) is 22.9 Å².